The molecule has 2 atom stereocenters. The van der Waals surface area contributed by atoms with Gasteiger partial charge in [0.25, 0.3) is 0 Å². The lowest BCUT2D eigenvalue weighted by atomic mass is 9.82. The summed E-state index contributed by atoms with van der Waals surface area (Å²) in [5, 5.41) is 18.0. The fourth-order valence-corrected chi connectivity index (χ4v) is 1.97. The predicted octanol–water partition coefficient (Wildman–Crippen LogP) is 2.93. The lowest BCUT2D eigenvalue weighted by Gasteiger charge is -2.23. The van der Waals surface area contributed by atoms with Crippen LogP contribution in [0.3, 0.4) is 0 Å². The van der Waals surface area contributed by atoms with Crippen molar-refractivity contribution in [3.05, 3.63) is 11.1 Å². The van der Waals surface area contributed by atoms with Gasteiger partial charge in [-0.1, -0.05) is 33.3 Å². The molecule has 0 aromatic carbocycles. The second-order valence-corrected chi connectivity index (χ2v) is 4.43. The molecular formula is C13H22O4. The van der Waals surface area contributed by atoms with E-state index >= 15 is 0 Å². The Kier molecular flexibility index (Phi) is 6.54. The first-order chi connectivity index (χ1) is 7.84. The first kappa shape index (κ1) is 15.7. The van der Waals surface area contributed by atoms with Crippen molar-refractivity contribution >= 4 is 11.9 Å². The highest BCUT2D eigenvalue weighted by Crippen LogP contribution is 2.29. The van der Waals surface area contributed by atoms with Gasteiger partial charge >= 0.3 is 11.9 Å². The molecule has 0 amide bonds. The zero-order valence-corrected chi connectivity index (χ0v) is 11.0. The van der Waals surface area contributed by atoms with Crippen molar-refractivity contribution in [1.29, 1.82) is 0 Å². The molecule has 0 rings (SSSR count). The third-order valence-corrected chi connectivity index (χ3v) is 3.22. The van der Waals surface area contributed by atoms with Crippen LogP contribution in [0.5, 0.6) is 0 Å². The van der Waals surface area contributed by atoms with Gasteiger partial charge in [-0.3, -0.25) is 4.79 Å². The number of hydrogen-bond donors (Lipinski definition) is 2. The second kappa shape index (κ2) is 7.09. The lowest BCUT2D eigenvalue weighted by molar-refractivity contribution is -0.139. The van der Waals surface area contributed by atoms with Gasteiger partial charge in [-0.15, -0.1) is 0 Å². The number of carboxylic acid groups (broad SMARTS) is 2. The molecule has 17 heavy (non-hydrogen) atoms. The molecule has 0 bridgehead atoms. The number of hydrogen-bond acceptors (Lipinski definition) is 2. The van der Waals surface area contributed by atoms with Gasteiger partial charge in [0.15, 0.2) is 0 Å². The third kappa shape index (κ3) is 4.59. The van der Waals surface area contributed by atoms with Crippen molar-refractivity contribution in [3.8, 4) is 0 Å². The SMILES string of the molecule is CCC(C)C(=C(CC(=O)O)C(=O)O)C(C)CC. The zero-order chi connectivity index (χ0) is 13.6. The van der Waals surface area contributed by atoms with Crippen LogP contribution in [-0.2, 0) is 9.59 Å². The molecule has 0 aliphatic heterocycles. The topological polar surface area (TPSA) is 74.6 Å². The minimum absolute atomic E-state index is 0.0567. The standard InChI is InChI=1S/C13H22O4/c1-5-8(3)12(9(4)6-2)10(13(16)17)7-11(14)15/h8-9H,5-7H2,1-4H3,(H,14,15)(H,16,17). The van der Waals surface area contributed by atoms with Crippen molar-refractivity contribution in [3.63, 3.8) is 0 Å². The Morgan fingerprint density at radius 3 is 1.65 bits per heavy atom. The maximum Gasteiger partial charge on any atom is 0.332 e. The highest BCUT2D eigenvalue weighted by Gasteiger charge is 2.24. The highest BCUT2D eigenvalue weighted by molar-refractivity contribution is 5.93. The molecule has 2 unspecified atom stereocenters. The molecule has 0 radical (unpaired) electrons. The molecule has 0 spiro atoms. The number of carboxylic acids is 2. The Labute approximate surface area is 102 Å². The molecule has 0 aliphatic rings. The van der Waals surface area contributed by atoms with E-state index in [2.05, 4.69) is 0 Å². The van der Waals surface area contributed by atoms with Crippen molar-refractivity contribution in [2.24, 2.45) is 11.8 Å². The van der Waals surface area contributed by atoms with Gasteiger partial charge in [-0.05, 0) is 24.7 Å². The largest absolute Gasteiger partial charge is 0.481 e. The molecule has 0 saturated heterocycles. The van der Waals surface area contributed by atoms with E-state index in [-0.39, 0.29) is 17.4 Å². The monoisotopic (exact) mass is 242 g/mol. The smallest absolute Gasteiger partial charge is 0.332 e. The molecule has 4 nitrogen and oxygen atoms in total. The Hall–Kier alpha value is -1.32. The fourth-order valence-electron chi connectivity index (χ4n) is 1.97. The number of carbonyl (C=O) groups is 2. The maximum absolute atomic E-state index is 11.2. The average Bonchev–Trinajstić information content (AvgIpc) is 2.26. The number of allylic oxidation sites excluding steroid dienone is 1. The van der Waals surface area contributed by atoms with Crippen LogP contribution in [0.1, 0.15) is 47.0 Å². The van der Waals surface area contributed by atoms with E-state index in [9.17, 15) is 9.59 Å². The summed E-state index contributed by atoms with van der Waals surface area (Å²) in [7, 11) is 0. The van der Waals surface area contributed by atoms with Crippen LogP contribution in [-0.4, -0.2) is 22.2 Å². The Bertz CT molecular complexity index is 305. The molecular weight excluding hydrogens is 220 g/mol. The van der Waals surface area contributed by atoms with E-state index in [0.29, 0.717) is 0 Å². The lowest BCUT2D eigenvalue weighted by Crippen LogP contribution is -2.17. The van der Waals surface area contributed by atoms with Crippen LogP contribution in [0.2, 0.25) is 0 Å². The van der Waals surface area contributed by atoms with E-state index < -0.39 is 18.4 Å². The van der Waals surface area contributed by atoms with E-state index in [1.807, 2.05) is 27.7 Å². The summed E-state index contributed by atoms with van der Waals surface area (Å²) in [6, 6.07) is 0. The average molecular weight is 242 g/mol. The van der Waals surface area contributed by atoms with Gasteiger partial charge in [0.2, 0.25) is 0 Å². The van der Waals surface area contributed by atoms with Gasteiger partial charge in [-0.2, -0.15) is 0 Å². The van der Waals surface area contributed by atoms with Crippen molar-refractivity contribution in [2.75, 3.05) is 0 Å². The van der Waals surface area contributed by atoms with E-state index in [1.54, 1.807) is 0 Å². The summed E-state index contributed by atoms with van der Waals surface area (Å²) in [4.78, 5) is 21.9. The zero-order valence-electron chi connectivity index (χ0n) is 11.0. The number of rotatable bonds is 7. The van der Waals surface area contributed by atoms with Crippen molar-refractivity contribution < 1.29 is 19.8 Å². The molecule has 0 fully saturated rings. The Balaban J connectivity index is 5.54. The predicted molar refractivity (Wildman–Crippen MR) is 65.8 cm³/mol. The Morgan fingerprint density at radius 2 is 1.41 bits per heavy atom. The Morgan fingerprint density at radius 1 is 1.00 bits per heavy atom. The molecule has 0 aromatic heterocycles. The fraction of sp³-hybridized carbons (Fsp3) is 0.692. The molecule has 98 valence electrons. The van der Waals surface area contributed by atoms with Gasteiger partial charge in [0.1, 0.15) is 0 Å². The summed E-state index contributed by atoms with van der Waals surface area (Å²) in [5.41, 5.74) is 0.839. The first-order valence-corrected chi connectivity index (χ1v) is 6.03. The van der Waals surface area contributed by atoms with Crippen LogP contribution < -0.4 is 0 Å². The quantitative estimate of drug-likeness (QED) is 0.673. The molecule has 0 aromatic rings. The van der Waals surface area contributed by atoms with E-state index in [1.165, 1.54) is 0 Å². The minimum Gasteiger partial charge on any atom is -0.481 e. The van der Waals surface area contributed by atoms with Gasteiger partial charge in [0.05, 0.1) is 6.42 Å². The van der Waals surface area contributed by atoms with Crippen LogP contribution in [0, 0.1) is 11.8 Å². The summed E-state index contributed by atoms with van der Waals surface area (Å²) in [6.45, 7) is 7.86. The summed E-state index contributed by atoms with van der Waals surface area (Å²) in [6.07, 6.45) is 1.23. The van der Waals surface area contributed by atoms with Crippen LogP contribution in [0.4, 0.5) is 0 Å². The van der Waals surface area contributed by atoms with Gasteiger partial charge < -0.3 is 10.2 Å². The summed E-state index contributed by atoms with van der Waals surface area (Å²) < 4.78 is 0. The molecule has 4 heteroatoms. The number of aliphatic carboxylic acids is 2. The van der Waals surface area contributed by atoms with Gasteiger partial charge in [0, 0.05) is 5.57 Å². The molecule has 0 saturated carbocycles. The van der Waals surface area contributed by atoms with Gasteiger partial charge in [-0.25, -0.2) is 4.79 Å². The van der Waals surface area contributed by atoms with E-state index in [4.69, 9.17) is 10.2 Å². The van der Waals surface area contributed by atoms with Crippen molar-refractivity contribution in [2.45, 2.75) is 47.0 Å². The summed E-state index contributed by atoms with van der Waals surface area (Å²) in [5.74, 6) is -1.99. The molecule has 0 aliphatic carbocycles. The first-order valence-electron chi connectivity index (χ1n) is 6.03. The minimum atomic E-state index is -1.11. The van der Waals surface area contributed by atoms with Crippen LogP contribution in [0.15, 0.2) is 11.1 Å². The summed E-state index contributed by atoms with van der Waals surface area (Å²) >= 11 is 0. The van der Waals surface area contributed by atoms with Crippen LogP contribution >= 0.6 is 0 Å². The second-order valence-electron chi connectivity index (χ2n) is 4.43. The highest BCUT2D eigenvalue weighted by atomic mass is 16.4. The van der Waals surface area contributed by atoms with Crippen LogP contribution in [0.25, 0.3) is 0 Å². The normalized spacial score (nSPS) is 13.9. The molecule has 2 N–H and O–H groups in total. The maximum atomic E-state index is 11.2. The third-order valence-electron chi connectivity index (χ3n) is 3.22. The van der Waals surface area contributed by atoms with Crippen molar-refractivity contribution in [1.82, 2.24) is 0 Å². The van der Waals surface area contributed by atoms with E-state index in [0.717, 1.165) is 18.4 Å². The molecule has 0 heterocycles.